The average molecular weight is 384 g/mol. The van der Waals surface area contributed by atoms with Crippen molar-refractivity contribution in [3.63, 3.8) is 0 Å². The molecule has 3 heteroatoms. The summed E-state index contributed by atoms with van der Waals surface area (Å²) in [5.74, 6) is -0.657. The zero-order chi connectivity index (χ0) is 20.3. The second-order valence-electron chi connectivity index (χ2n) is 7.26. The molecular weight excluding hydrogens is 346 g/mol. The first kappa shape index (κ1) is 23.9. The predicted molar refractivity (Wildman–Crippen MR) is 118 cm³/mol. The third kappa shape index (κ3) is 13.1. The highest BCUT2D eigenvalue weighted by Gasteiger charge is 1.96. The van der Waals surface area contributed by atoms with Crippen LogP contribution in [0.3, 0.4) is 0 Å². The minimum absolute atomic E-state index is 0.344. The lowest BCUT2D eigenvalue weighted by Crippen LogP contribution is -1.93. The molecule has 0 saturated heterocycles. The SMILES string of the molecule is CCCCCCCCCCCCCC(=O)O.c1ccc(-c2ccccn2)cc1. The number of carboxylic acid groups (broad SMARTS) is 1. The lowest BCUT2D eigenvalue weighted by molar-refractivity contribution is -0.137. The van der Waals surface area contributed by atoms with Crippen LogP contribution in [0.5, 0.6) is 0 Å². The number of pyridine rings is 1. The summed E-state index contributed by atoms with van der Waals surface area (Å²) >= 11 is 0. The van der Waals surface area contributed by atoms with Crippen LogP contribution < -0.4 is 0 Å². The maximum Gasteiger partial charge on any atom is 0.303 e. The Morgan fingerprint density at radius 2 is 1.29 bits per heavy atom. The highest BCUT2D eigenvalue weighted by atomic mass is 16.4. The molecular formula is C25H37NO2. The van der Waals surface area contributed by atoms with Gasteiger partial charge < -0.3 is 5.11 Å². The first-order valence-corrected chi connectivity index (χ1v) is 10.9. The highest BCUT2D eigenvalue weighted by Crippen LogP contribution is 2.14. The molecule has 0 bridgehead atoms. The molecule has 1 N–H and O–H groups in total. The number of rotatable bonds is 13. The lowest BCUT2D eigenvalue weighted by Gasteiger charge is -2.01. The Labute approximate surface area is 171 Å². The van der Waals surface area contributed by atoms with Crippen molar-refractivity contribution in [2.45, 2.75) is 84.0 Å². The smallest absolute Gasteiger partial charge is 0.303 e. The second-order valence-corrected chi connectivity index (χ2v) is 7.26. The first-order valence-electron chi connectivity index (χ1n) is 10.9. The third-order valence-corrected chi connectivity index (χ3v) is 4.73. The summed E-state index contributed by atoms with van der Waals surface area (Å²) in [7, 11) is 0. The van der Waals surface area contributed by atoms with Gasteiger partial charge in [-0.05, 0) is 18.6 Å². The van der Waals surface area contributed by atoms with Crippen LogP contribution in [0.2, 0.25) is 0 Å². The maximum atomic E-state index is 10.3. The third-order valence-electron chi connectivity index (χ3n) is 4.73. The molecule has 0 spiro atoms. The van der Waals surface area contributed by atoms with E-state index in [1.807, 2.05) is 42.6 Å². The van der Waals surface area contributed by atoms with Crippen molar-refractivity contribution in [2.24, 2.45) is 0 Å². The number of benzene rings is 1. The maximum absolute atomic E-state index is 10.3. The van der Waals surface area contributed by atoms with Crippen molar-refractivity contribution < 1.29 is 9.90 Å². The minimum atomic E-state index is -0.657. The van der Waals surface area contributed by atoms with Crippen molar-refractivity contribution in [3.8, 4) is 11.3 Å². The van der Waals surface area contributed by atoms with E-state index in [4.69, 9.17) is 5.11 Å². The van der Waals surface area contributed by atoms with Gasteiger partial charge in [-0.1, -0.05) is 108 Å². The Morgan fingerprint density at radius 3 is 1.79 bits per heavy atom. The van der Waals surface area contributed by atoms with E-state index >= 15 is 0 Å². The molecule has 0 unspecified atom stereocenters. The molecule has 28 heavy (non-hydrogen) atoms. The average Bonchev–Trinajstić information content (AvgIpc) is 2.73. The molecule has 2 rings (SSSR count). The van der Waals surface area contributed by atoms with E-state index < -0.39 is 5.97 Å². The molecule has 2 aromatic rings. The Hall–Kier alpha value is -2.16. The summed E-state index contributed by atoms with van der Waals surface area (Å²) in [5.41, 5.74) is 2.19. The molecule has 3 nitrogen and oxygen atoms in total. The number of aromatic nitrogens is 1. The topological polar surface area (TPSA) is 50.2 Å². The highest BCUT2D eigenvalue weighted by molar-refractivity contribution is 5.66. The van der Waals surface area contributed by atoms with Crippen LogP contribution in [0.25, 0.3) is 11.3 Å². The molecule has 0 fully saturated rings. The zero-order valence-electron chi connectivity index (χ0n) is 17.5. The van der Waals surface area contributed by atoms with Crippen LogP contribution >= 0.6 is 0 Å². The van der Waals surface area contributed by atoms with Gasteiger partial charge in [0, 0.05) is 18.2 Å². The zero-order valence-corrected chi connectivity index (χ0v) is 17.5. The summed E-state index contributed by atoms with van der Waals surface area (Å²) in [6, 6.07) is 16.1. The molecule has 0 radical (unpaired) electrons. The van der Waals surface area contributed by atoms with Gasteiger partial charge in [0.25, 0.3) is 0 Å². The van der Waals surface area contributed by atoms with Crippen LogP contribution in [0, 0.1) is 0 Å². The van der Waals surface area contributed by atoms with Gasteiger partial charge in [-0.3, -0.25) is 9.78 Å². The second kappa shape index (κ2) is 17.0. The predicted octanol–water partition coefficient (Wildman–Crippen LogP) is 7.52. The van der Waals surface area contributed by atoms with Gasteiger partial charge in [0.05, 0.1) is 5.69 Å². The van der Waals surface area contributed by atoms with E-state index in [9.17, 15) is 4.79 Å². The van der Waals surface area contributed by atoms with Gasteiger partial charge in [0.1, 0.15) is 0 Å². The van der Waals surface area contributed by atoms with Crippen molar-refractivity contribution in [1.82, 2.24) is 4.98 Å². The van der Waals surface area contributed by atoms with Gasteiger partial charge in [-0.15, -0.1) is 0 Å². The summed E-state index contributed by atoms with van der Waals surface area (Å²) in [4.78, 5) is 14.5. The van der Waals surface area contributed by atoms with Gasteiger partial charge in [-0.2, -0.15) is 0 Å². The Morgan fingerprint density at radius 1 is 0.750 bits per heavy atom. The van der Waals surface area contributed by atoms with Crippen molar-refractivity contribution in [1.29, 1.82) is 0 Å². The first-order chi connectivity index (χ1) is 13.7. The summed E-state index contributed by atoms with van der Waals surface area (Å²) in [6.45, 7) is 2.25. The number of hydrogen-bond acceptors (Lipinski definition) is 2. The van der Waals surface area contributed by atoms with E-state index in [2.05, 4.69) is 24.0 Å². The van der Waals surface area contributed by atoms with Gasteiger partial charge in [0.2, 0.25) is 0 Å². The Kier molecular flexibility index (Phi) is 14.5. The quantitative estimate of drug-likeness (QED) is 0.364. The van der Waals surface area contributed by atoms with E-state index in [1.54, 1.807) is 0 Å². The van der Waals surface area contributed by atoms with Crippen LogP contribution in [0.1, 0.15) is 84.0 Å². The largest absolute Gasteiger partial charge is 0.481 e. The fourth-order valence-electron chi connectivity index (χ4n) is 3.08. The monoisotopic (exact) mass is 383 g/mol. The van der Waals surface area contributed by atoms with Gasteiger partial charge in [0.15, 0.2) is 0 Å². The summed E-state index contributed by atoms with van der Waals surface area (Å²) < 4.78 is 0. The van der Waals surface area contributed by atoms with Crippen LogP contribution in [0.15, 0.2) is 54.7 Å². The molecule has 154 valence electrons. The van der Waals surface area contributed by atoms with Crippen LogP contribution in [-0.2, 0) is 4.79 Å². The Bertz CT molecular complexity index is 561. The number of nitrogens with zero attached hydrogens (tertiary/aromatic N) is 1. The molecule has 0 amide bonds. The van der Waals surface area contributed by atoms with Crippen molar-refractivity contribution >= 4 is 5.97 Å². The van der Waals surface area contributed by atoms with Crippen LogP contribution in [0.4, 0.5) is 0 Å². The molecule has 0 aliphatic carbocycles. The van der Waals surface area contributed by atoms with E-state index in [0.29, 0.717) is 6.42 Å². The molecule has 1 aromatic heterocycles. The minimum Gasteiger partial charge on any atom is -0.481 e. The summed E-state index contributed by atoms with van der Waals surface area (Å²) in [6.07, 6.45) is 16.2. The lowest BCUT2D eigenvalue weighted by atomic mass is 10.1. The molecule has 1 heterocycles. The Balaban J connectivity index is 0.000000289. The number of hydrogen-bond donors (Lipinski definition) is 1. The number of carboxylic acids is 1. The summed E-state index contributed by atoms with van der Waals surface area (Å²) in [5, 5.41) is 8.46. The fourth-order valence-corrected chi connectivity index (χ4v) is 3.08. The van der Waals surface area contributed by atoms with Crippen LogP contribution in [-0.4, -0.2) is 16.1 Å². The van der Waals surface area contributed by atoms with E-state index in [-0.39, 0.29) is 0 Å². The molecule has 0 aliphatic rings. The fraction of sp³-hybridized carbons (Fsp3) is 0.520. The molecule has 0 atom stereocenters. The normalized spacial score (nSPS) is 10.2. The number of carbonyl (C=O) groups is 1. The molecule has 0 aliphatic heterocycles. The molecule has 1 aromatic carbocycles. The van der Waals surface area contributed by atoms with Gasteiger partial charge in [-0.25, -0.2) is 0 Å². The van der Waals surface area contributed by atoms with E-state index in [1.165, 1.54) is 57.8 Å². The number of unbranched alkanes of at least 4 members (excludes halogenated alkanes) is 10. The molecule has 0 saturated carbocycles. The van der Waals surface area contributed by atoms with Gasteiger partial charge >= 0.3 is 5.97 Å². The van der Waals surface area contributed by atoms with Crippen molar-refractivity contribution in [2.75, 3.05) is 0 Å². The number of aliphatic carboxylic acids is 1. The van der Waals surface area contributed by atoms with E-state index in [0.717, 1.165) is 24.1 Å². The standard InChI is InChI=1S/C14H28O2.C11H9N/c1-2-3-4-5-6-7-8-9-10-11-12-13-14(15)16;1-2-6-10(7-3-1)11-8-4-5-9-12-11/h2-13H2,1H3,(H,15,16);1-9H. The van der Waals surface area contributed by atoms with Crippen molar-refractivity contribution in [3.05, 3.63) is 54.7 Å².